The molecule has 0 radical (unpaired) electrons. The topological polar surface area (TPSA) is 38.8 Å². The third-order valence-corrected chi connectivity index (χ3v) is 5.83. The summed E-state index contributed by atoms with van der Waals surface area (Å²) in [5, 5.41) is 0. The second kappa shape index (κ2) is 5.88. The largest absolute Gasteiger partial charge is 0.457 e. The van der Waals surface area contributed by atoms with Gasteiger partial charge in [0.05, 0.1) is 17.8 Å². The van der Waals surface area contributed by atoms with Crippen LogP contribution in [0, 0.1) is 11.8 Å². The fourth-order valence-corrected chi connectivity index (χ4v) is 4.64. The molecule has 0 aromatic heterocycles. The van der Waals surface area contributed by atoms with E-state index in [1.54, 1.807) is 0 Å². The number of carbonyl (C=O) groups excluding carboxylic acids is 1. The summed E-state index contributed by atoms with van der Waals surface area (Å²) in [6.45, 7) is 1.62. The minimum atomic E-state index is 0.0698. The summed E-state index contributed by atoms with van der Waals surface area (Å²) < 4.78 is 12.0. The van der Waals surface area contributed by atoms with Gasteiger partial charge in [0.15, 0.2) is 0 Å². The Bertz CT molecular complexity index is 773. The zero-order valence-electron chi connectivity index (χ0n) is 14.0. The predicted molar refractivity (Wildman–Crippen MR) is 93.7 cm³/mol. The van der Waals surface area contributed by atoms with Crippen molar-refractivity contribution in [1.29, 1.82) is 0 Å². The first-order valence-electron chi connectivity index (χ1n) is 9.06. The molecule has 4 heteroatoms. The molecule has 1 amide bonds. The molecule has 0 spiro atoms. The number of likely N-dealkylation sites (tertiary alicyclic amines) is 1. The van der Waals surface area contributed by atoms with Crippen LogP contribution < -0.4 is 4.74 Å². The minimum Gasteiger partial charge on any atom is -0.457 e. The van der Waals surface area contributed by atoms with Crippen LogP contribution in [-0.4, -0.2) is 36.1 Å². The standard InChI is InChI=1S/C21H21NO3/c23-21(22-12-16-17(13-22)20-11-10-19(16)25-20)15-8-4-5-9-18(15)24-14-6-2-1-3-7-14/h1-9,16-17,19-20H,10-13H2/t16-,17+,19+,20-. The molecule has 0 unspecified atom stereocenters. The van der Waals surface area contributed by atoms with Crippen LogP contribution in [0.2, 0.25) is 0 Å². The molecule has 128 valence electrons. The summed E-state index contributed by atoms with van der Waals surface area (Å²) in [6.07, 6.45) is 3.04. The van der Waals surface area contributed by atoms with E-state index in [2.05, 4.69) is 0 Å². The second-order valence-electron chi connectivity index (χ2n) is 7.24. The molecule has 0 aliphatic carbocycles. The molecule has 4 nitrogen and oxygen atoms in total. The van der Waals surface area contributed by atoms with E-state index in [0.29, 0.717) is 35.4 Å². The number of benzene rings is 2. The van der Waals surface area contributed by atoms with Crippen molar-refractivity contribution >= 4 is 5.91 Å². The third kappa shape index (κ3) is 2.52. The molecule has 25 heavy (non-hydrogen) atoms. The summed E-state index contributed by atoms with van der Waals surface area (Å²) in [5.41, 5.74) is 0.639. The number of hydrogen-bond acceptors (Lipinski definition) is 3. The van der Waals surface area contributed by atoms with Crippen LogP contribution in [0.1, 0.15) is 23.2 Å². The van der Waals surface area contributed by atoms with Crippen molar-refractivity contribution in [2.24, 2.45) is 11.8 Å². The van der Waals surface area contributed by atoms with Crippen molar-refractivity contribution in [2.45, 2.75) is 25.0 Å². The Balaban J connectivity index is 1.38. The number of carbonyl (C=O) groups is 1. The Morgan fingerprint density at radius 1 is 0.920 bits per heavy atom. The summed E-state index contributed by atoms with van der Waals surface area (Å²) in [5.74, 6) is 2.47. The second-order valence-corrected chi connectivity index (χ2v) is 7.24. The van der Waals surface area contributed by atoms with Crippen LogP contribution in [0.15, 0.2) is 54.6 Å². The number of para-hydroxylation sites is 2. The summed E-state index contributed by atoms with van der Waals surface area (Å²) in [7, 11) is 0. The van der Waals surface area contributed by atoms with Crippen LogP contribution in [-0.2, 0) is 4.74 Å². The van der Waals surface area contributed by atoms with E-state index in [-0.39, 0.29) is 5.91 Å². The average Bonchev–Trinajstić information content (AvgIpc) is 3.36. The van der Waals surface area contributed by atoms with E-state index < -0.39 is 0 Å². The van der Waals surface area contributed by atoms with Gasteiger partial charge in [-0.15, -0.1) is 0 Å². The highest BCUT2D eigenvalue weighted by atomic mass is 16.5. The van der Waals surface area contributed by atoms with E-state index in [1.807, 2.05) is 59.5 Å². The molecule has 0 N–H and O–H groups in total. The molecular formula is C21H21NO3. The van der Waals surface area contributed by atoms with Gasteiger partial charge in [-0.05, 0) is 37.1 Å². The molecule has 3 aliphatic heterocycles. The van der Waals surface area contributed by atoms with Gasteiger partial charge in [-0.1, -0.05) is 30.3 Å². The van der Waals surface area contributed by atoms with Gasteiger partial charge in [0.1, 0.15) is 11.5 Å². The van der Waals surface area contributed by atoms with Crippen molar-refractivity contribution in [1.82, 2.24) is 4.90 Å². The number of fused-ring (bicyclic) bond motifs is 5. The smallest absolute Gasteiger partial charge is 0.257 e. The van der Waals surface area contributed by atoms with Crippen LogP contribution in [0.4, 0.5) is 0 Å². The minimum absolute atomic E-state index is 0.0698. The first-order valence-corrected chi connectivity index (χ1v) is 9.06. The van der Waals surface area contributed by atoms with Crippen LogP contribution in [0.5, 0.6) is 11.5 Å². The van der Waals surface area contributed by atoms with Crippen molar-refractivity contribution in [3.63, 3.8) is 0 Å². The van der Waals surface area contributed by atoms with Crippen molar-refractivity contribution in [2.75, 3.05) is 13.1 Å². The Kier molecular flexibility index (Phi) is 3.52. The lowest BCUT2D eigenvalue weighted by Crippen LogP contribution is -2.31. The lowest BCUT2D eigenvalue weighted by Gasteiger charge is -2.20. The van der Waals surface area contributed by atoms with Gasteiger partial charge in [-0.25, -0.2) is 0 Å². The highest BCUT2D eigenvalue weighted by Gasteiger charge is 2.53. The maximum Gasteiger partial charge on any atom is 0.257 e. The monoisotopic (exact) mass is 335 g/mol. The van der Waals surface area contributed by atoms with Gasteiger partial charge >= 0.3 is 0 Å². The SMILES string of the molecule is O=C(c1ccccc1Oc1ccccc1)N1C[C@@H]2[C@H](C1)[C@H]1CC[C@@H]2O1. The Hall–Kier alpha value is -2.33. The van der Waals surface area contributed by atoms with Crippen molar-refractivity contribution < 1.29 is 14.3 Å². The van der Waals surface area contributed by atoms with Gasteiger partial charge in [0.25, 0.3) is 5.91 Å². The fourth-order valence-electron chi connectivity index (χ4n) is 4.64. The first-order chi connectivity index (χ1) is 12.3. The van der Waals surface area contributed by atoms with E-state index >= 15 is 0 Å². The lowest BCUT2D eigenvalue weighted by atomic mass is 9.82. The number of amides is 1. The molecule has 4 atom stereocenters. The fraction of sp³-hybridized carbons (Fsp3) is 0.381. The number of nitrogens with zero attached hydrogens (tertiary/aromatic N) is 1. The van der Waals surface area contributed by atoms with Crippen molar-refractivity contribution in [3.8, 4) is 11.5 Å². The Labute approximate surface area is 147 Å². The Morgan fingerprint density at radius 2 is 1.56 bits per heavy atom. The first kappa shape index (κ1) is 15.0. The molecule has 2 bridgehead atoms. The maximum atomic E-state index is 13.1. The van der Waals surface area contributed by atoms with Gasteiger partial charge < -0.3 is 14.4 Å². The molecule has 3 heterocycles. The number of rotatable bonds is 3. The van der Waals surface area contributed by atoms with E-state index in [0.717, 1.165) is 31.7 Å². The van der Waals surface area contributed by atoms with Crippen LogP contribution in [0.25, 0.3) is 0 Å². The van der Waals surface area contributed by atoms with Crippen LogP contribution in [0.3, 0.4) is 0 Å². The maximum absolute atomic E-state index is 13.1. The zero-order chi connectivity index (χ0) is 16.8. The average molecular weight is 335 g/mol. The van der Waals surface area contributed by atoms with E-state index in [9.17, 15) is 4.79 Å². The van der Waals surface area contributed by atoms with Gasteiger partial charge in [-0.2, -0.15) is 0 Å². The highest BCUT2D eigenvalue weighted by Crippen LogP contribution is 2.47. The summed E-state index contributed by atoms with van der Waals surface area (Å²) in [4.78, 5) is 15.1. The van der Waals surface area contributed by atoms with Crippen LogP contribution >= 0.6 is 0 Å². The normalized spacial score (nSPS) is 29.7. The van der Waals surface area contributed by atoms with Gasteiger partial charge in [0.2, 0.25) is 0 Å². The molecule has 3 saturated heterocycles. The Morgan fingerprint density at radius 3 is 2.28 bits per heavy atom. The number of ether oxygens (including phenoxy) is 2. The highest BCUT2D eigenvalue weighted by molar-refractivity contribution is 5.97. The number of hydrogen-bond donors (Lipinski definition) is 0. The molecule has 5 rings (SSSR count). The van der Waals surface area contributed by atoms with Gasteiger partial charge in [-0.3, -0.25) is 4.79 Å². The summed E-state index contributed by atoms with van der Waals surface area (Å²) >= 11 is 0. The van der Waals surface area contributed by atoms with E-state index in [4.69, 9.17) is 9.47 Å². The molecular weight excluding hydrogens is 314 g/mol. The molecule has 3 fully saturated rings. The molecule has 0 saturated carbocycles. The third-order valence-electron chi connectivity index (χ3n) is 5.83. The lowest BCUT2D eigenvalue weighted by molar-refractivity contribution is 0.0593. The van der Waals surface area contributed by atoms with Crippen molar-refractivity contribution in [3.05, 3.63) is 60.2 Å². The predicted octanol–water partition coefficient (Wildman–Crippen LogP) is 3.73. The molecule has 2 aromatic carbocycles. The quantitative estimate of drug-likeness (QED) is 0.858. The molecule has 2 aromatic rings. The van der Waals surface area contributed by atoms with E-state index in [1.165, 1.54) is 0 Å². The zero-order valence-corrected chi connectivity index (χ0v) is 14.0. The van der Waals surface area contributed by atoms with Gasteiger partial charge in [0, 0.05) is 24.9 Å². The molecule has 3 aliphatic rings. The summed E-state index contributed by atoms with van der Waals surface area (Å²) in [6, 6.07) is 17.1.